The molecule has 270 valence electrons. The lowest BCUT2D eigenvalue weighted by atomic mass is 10.0. The topological polar surface area (TPSA) is 56.0 Å². The van der Waals surface area contributed by atoms with Crippen LogP contribution in [0.3, 0.4) is 0 Å². The Morgan fingerprint density at radius 1 is 0.500 bits per heavy atom. The molecule has 3 aromatic heterocycles. The average Bonchev–Trinajstić information content (AvgIpc) is 3.73. The van der Waals surface area contributed by atoms with Gasteiger partial charge in [-0.1, -0.05) is 90.5 Å². The Hall–Kier alpha value is -7.31. The smallest absolute Gasteiger partial charge is 0.219 e. The molecule has 0 saturated carbocycles. The van der Waals surface area contributed by atoms with Crippen LogP contribution in [0.5, 0.6) is 11.6 Å². The highest BCUT2D eigenvalue weighted by Crippen LogP contribution is 2.43. The molecule has 0 bridgehead atoms. The number of pyridine rings is 1. The van der Waals surface area contributed by atoms with Crippen LogP contribution < -0.4 is 15.4 Å². The number of ether oxygens (including phenoxy) is 1. The van der Waals surface area contributed by atoms with Crippen molar-refractivity contribution < 1.29 is 4.74 Å². The number of hydrogen-bond acceptors (Lipinski definition) is 4. The van der Waals surface area contributed by atoms with Gasteiger partial charge in [0.25, 0.3) is 0 Å². The Balaban J connectivity index is 1.19. The van der Waals surface area contributed by atoms with Crippen molar-refractivity contribution in [1.82, 2.24) is 14.1 Å². The van der Waals surface area contributed by atoms with Gasteiger partial charge in [-0.3, -0.25) is 0 Å². The number of nitrogens with zero attached hydrogens (tertiary/aromatic N) is 3. The van der Waals surface area contributed by atoms with Gasteiger partial charge in [-0.05, 0) is 98.6 Å². The van der Waals surface area contributed by atoms with E-state index in [2.05, 4.69) is 179 Å². The predicted octanol–water partition coefficient (Wildman–Crippen LogP) is 13.5. The van der Waals surface area contributed by atoms with Crippen LogP contribution in [0.25, 0.3) is 55.0 Å². The fourth-order valence-electron chi connectivity index (χ4n) is 8.34. The van der Waals surface area contributed by atoms with Crippen molar-refractivity contribution in [2.45, 2.75) is 20.8 Å². The van der Waals surface area contributed by atoms with E-state index in [0.717, 1.165) is 50.5 Å². The lowest BCUT2D eigenvalue weighted by molar-refractivity contribution is 0.463. The van der Waals surface area contributed by atoms with Crippen molar-refractivity contribution in [3.8, 4) is 23.0 Å². The second-order valence-electron chi connectivity index (χ2n) is 14.4. The molecular weight excluding hydrogens is 687 g/mol. The molecule has 0 aliphatic rings. The zero-order valence-corrected chi connectivity index (χ0v) is 31.4. The van der Waals surface area contributed by atoms with Gasteiger partial charge in [0.2, 0.25) is 5.88 Å². The molecule has 7 aromatic carbocycles. The molecule has 0 fully saturated rings. The third-order valence-corrected chi connectivity index (χ3v) is 10.7. The number of hydrogen-bond donors (Lipinski definition) is 2. The van der Waals surface area contributed by atoms with E-state index in [9.17, 15) is 0 Å². The highest BCUT2D eigenvalue weighted by molar-refractivity contribution is 6.26. The number of nitrogens with one attached hydrogen (secondary N) is 2. The largest absolute Gasteiger partial charge is 0.439 e. The third-order valence-electron chi connectivity index (χ3n) is 10.7. The Labute approximate surface area is 325 Å². The first-order valence-corrected chi connectivity index (χ1v) is 19.0. The van der Waals surface area contributed by atoms with Gasteiger partial charge < -0.3 is 24.5 Å². The highest BCUT2D eigenvalue weighted by Gasteiger charge is 2.21. The Morgan fingerprint density at radius 3 is 2.02 bits per heavy atom. The number of para-hydroxylation sites is 4. The van der Waals surface area contributed by atoms with Gasteiger partial charge in [0, 0.05) is 62.6 Å². The normalized spacial score (nSPS) is 11.5. The molecule has 0 atom stereocenters. The van der Waals surface area contributed by atoms with Crippen LogP contribution in [0, 0.1) is 20.8 Å². The second kappa shape index (κ2) is 13.5. The Morgan fingerprint density at radius 2 is 1.21 bits per heavy atom. The molecule has 10 aromatic rings. The molecule has 2 N–H and O–H groups in total. The first kappa shape index (κ1) is 33.3. The summed E-state index contributed by atoms with van der Waals surface area (Å²) in [5.41, 5.74) is 14.5. The van der Waals surface area contributed by atoms with Crippen LogP contribution in [0.4, 0.5) is 22.7 Å². The molecule has 0 radical (unpaired) electrons. The van der Waals surface area contributed by atoms with Crippen LogP contribution in [-0.4, -0.2) is 14.1 Å². The molecule has 0 amide bonds. The minimum atomic E-state index is 0.552. The number of aryl methyl sites for hydroxylation is 3. The summed E-state index contributed by atoms with van der Waals surface area (Å²) in [6.07, 6.45) is 1.74. The molecule has 0 unspecified atom stereocenters. The quantitative estimate of drug-likeness (QED) is 0.164. The maximum atomic E-state index is 6.27. The van der Waals surface area contributed by atoms with Crippen LogP contribution >= 0.6 is 0 Å². The molecule has 0 aliphatic heterocycles. The summed E-state index contributed by atoms with van der Waals surface area (Å²) < 4.78 is 11.0. The minimum Gasteiger partial charge on any atom is -0.439 e. The summed E-state index contributed by atoms with van der Waals surface area (Å²) in [6.45, 7) is 6.47. The second-order valence-corrected chi connectivity index (χ2v) is 14.4. The number of aromatic nitrogens is 3. The van der Waals surface area contributed by atoms with Gasteiger partial charge in [0.15, 0.2) is 0 Å². The van der Waals surface area contributed by atoms with Crippen molar-refractivity contribution >= 4 is 66.4 Å². The molecule has 56 heavy (non-hydrogen) atoms. The van der Waals surface area contributed by atoms with Crippen molar-refractivity contribution in [3.63, 3.8) is 0 Å². The zero-order valence-electron chi connectivity index (χ0n) is 31.4. The van der Waals surface area contributed by atoms with Crippen LogP contribution in [-0.2, 0) is 0 Å². The maximum absolute atomic E-state index is 6.27. The van der Waals surface area contributed by atoms with E-state index in [4.69, 9.17) is 4.74 Å². The SMILES string of the molecule is Cc1cc(C)c(Nc2ccccc2Nc2ccc3c4c(ccc5c6ccccc6n(-c6ccccc6)c54)n(-c4cccc(Oc5ccccn5)c4)c3c2)c(C)c1. The number of anilines is 4. The molecule has 3 heterocycles. The zero-order chi connectivity index (χ0) is 37.8. The van der Waals surface area contributed by atoms with Gasteiger partial charge in [0.1, 0.15) is 5.75 Å². The molecule has 6 heteroatoms. The summed E-state index contributed by atoms with van der Waals surface area (Å²) in [5, 5.41) is 12.3. The summed E-state index contributed by atoms with van der Waals surface area (Å²) in [7, 11) is 0. The van der Waals surface area contributed by atoms with Gasteiger partial charge in [-0.2, -0.15) is 0 Å². The molecule has 0 spiro atoms. The number of benzene rings is 7. The predicted molar refractivity (Wildman–Crippen MR) is 233 cm³/mol. The minimum absolute atomic E-state index is 0.552. The van der Waals surface area contributed by atoms with Gasteiger partial charge in [0.05, 0.1) is 33.4 Å². The number of rotatable bonds is 8. The van der Waals surface area contributed by atoms with Crippen molar-refractivity contribution in [1.29, 1.82) is 0 Å². The molecule has 0 saturated heterocycles. The van der Waals surface area contributed by atoms with E-state index in [1.807, 2.05) is 30.3 Å². The summed E-state index contributed by atoms with van der Waals surface area (Å²) in [5.74, 6) is 1.27. The van der Waals surface area contributed by atoms with Gasteiger partial charge in [-0.15, -0.1) is 0 Å². The van der Waals surface area contributed by atoms with E-state index in [-0.39, 0.29) is 0 Å². The molecular formula is C50H39N5O. The van der Waals surface area contributed by atoms with E-state index >= 15 is 0 Å². The average molecular weight is 726 g/mol. The van der Waals surface area contributed by atoms with Crippen LogP contribution in [0.2, 0.25) is 0 Å². The summed E-state index contributed by atoms with van der Waals surface area (Å²) in [4.78, 5) is 4.41. The summed E-state index contributed by atoms with van der Waals surface area (Å²) >= 11 is 0. The lowest BCUT2D eigenvalue weighted by Gasteiger charge is -2.18. The fourth-order valence-corrected chi connectivity index (χ4v) is 8.34. The summed E-state index contributed by atoms with van der Waals surface area (Å²) in [6, 6.07) is 57.5. The Bertz CT molecular complexity index is 3070. The lowest BCUT2D eigenvalue weighted by Crippen LogP contribution is -2.01. The highest BCUT2D eigenvalue weighted by atomic mass is 16.5. The van der Waals surface area contributed by atoms with Crippen LogP contribution in [0.1, 0.15) is 16.7 Å². The molecule has 6 nitrogen and oxygen atoms in total. The standard InChI is InChI=1S/C50H39N5O/c1-32-28-33(2)49(34(3)29-32)53-43-20-9-8-19-42(43)52-35-23-24-41-46(30-35)54(37-16-13-17-38(31-37)56-47-22-11-12-27-51-47)45-26-25-40-39-18-7-10-21-44(39)55(50(40)48(41)45)36-14-5-4-6-15-36/h4-31,52-53H,1-3H3. The van der Waals surface area contributed by atoms with Crippen molar-refractivity contribution in [2.24, 2.45) is 0 Å². The van der Waals surface area contributed by atoms with E-state index in [1.54, 1.807) is 6.20 Å². The fraction of sp³-hybridized carbons (Fsp3) is 0.0600. The maximum Gasteiger partial charge on any atom is 0.219 e. The third kappa shape index (κ3) is 5.71. The first-order valence-electron chi connectivity index (χ1n) is 19.0. The van der Waals surface area contributed by atoms with Gasteiger partial charge in [-0.25, -0.2) is 4.98 Å². The molecule has 10 rings (SSSR count). The van der Waals surface area contributed by atoms with E-state index in [1.165, 1.54) is 43.9 Å². The Kier molecular flexibility index (Phi) is 8.03. The van der Waals surface area contributed by atoms with Gasteiger partial charge >= 0.3 is 0 Å². The number of fused-ring (bicyclic) bond motifs is 7. The van der Waals surface area contributed by atoms with E-state index < -0.39 is 0 Å². The monoisotopic (exact) mass is 725 g/mol. The van der Waals surface area contributed by atoms with Crippen LogP contribution in [0.15, 0.2) is 170 Å². The van der Waals surface area contributed by atoms with Crippen molar-refractivity contribution in [3.05, 3.63) is 187 Å². The molecule has 0 aliphatic carbocycles. The van der Waals surface area contributed by atoms with Crippen molar-refractivity contribution in [2.75, 3.05) is 10.6 Å². The first-order chi connectivity index (χ1) is 27.5. The van der Waals surface area contributed by atoms with E-state index in [0.29, 0.717) is 11.6 Å².